The number of para-hydroxylation sites is 1. The molecule has 1 heterocycles. The van der Waals surface area contributed by atoms with Crippen molar-refractivity contribution >= 4 is 10.1 Å². The number of hydrogen-bond acceptors (Lipinski definition) is 4. The fraction of sp³-hybridized carbons (Fsp3) is 0.500. The van der Waals surface area contributed by atoms with Crippen molar-refractivity contribution < 1.29 is 17.3 Å². The van der Waals surface area contributed by atoms with E-state index in [1.54, 1.807) is 18.2 Å². The highest BCUT2D eigenvalue weighted by molar-refractivity contribution is 7.87. The Hall–Kier alpha value is -1.07. The smallest absolute Gasteiger partial charge is 0.304 e. The number of benzene rings is 1. The van der Waals surface area contributed by atoms with Crippen LogP contribution < -0.4 is 4.74 Å². The van der Waals surface area contributed by atoms with Crippen LogP contribution in [0.1, 0.15) is 32.1 Å². The summed E-state index contributed by atoms with van der Waals surface area (Å²) in [5, 5.41) is 0. The topological polar surface area (TPSA) is 52.6 Å². The molecule has 0 amide bonds. The molecule has 92 valence electrons. The predicted octanol–water partition coefficient (Wildman–Crippen LogP) is 2.44. The average molecular weight is 254 g/mol. The first-order valence-electron chi connectivity index (χ1n) is 5.85. The maximum Gasteiger partial charge on any atom is 0.304 e. The Labute approximate surface area is 101 Å². The Balaban J connectivity index is 2.07. The van der Waals surface area contributed by atoms with E-state index in [-0.39, 0.29) is 4.90 Å². The molecule has 4 nitrogen and oxygen atoms in total. The summed E-state index contributed by atoms with van der Waals surface area (Å²) in [6.07, 6.45) is 4.27. The lowest BCUT2D eigenvalue weighted by Gasteiger charge is -2.39. The third kappa shape index (κ3) is 1.83. The summed E-state index contributed by atoms with van der Waals surface area (Å²) in [4.78, 5) is 0.135. The largest absolute Gasteiger partial charge is 0.460 e. The summed E-state index contributed by atoms with van der Waals surface area (Å²) in [7, 11) is -3.68. The van der Waals surface area contributed by atoms with E-state index >= 15 is 0 Å². The van der Waals surface area contributed by atoms with Gasteiger partial charge in [-0.05, 0) is 25.0 Å². The molecular weight excluding hydrogens is 240 g/mol. The van der Waals surface area contributed by atoms with Gasteiger partial charge in [0.2, 0.25) is 5.79 Å². The second-order valence-corrected chi connectivity index (χ2v) is 6.07. The minimum Gasteiger partial charge on any atom is -0.460 e. The SMILES string of the molecule is O=S1(=O)OC2(CCCCC2)Oc2ccccc21. The van der Waals surface area contributed by atoms with Gasteiger partial charge in [0, 0.05) is 12.8 Å². The maximum atomic E-state index is 12.0. The fourth-order valence-corrected chi connectivity index (χ4v) is 3.77. The first-order chi connectivity index (χ1) is 8.11. The van der Waals surface area contributed by atoms with Gasteiger partial charge in [-0.25, -0.2) is 4.18 Å². The van der Waals surface area contributed by atoms with Crippen molar-refractivity contribution in [1.82, 2.24) is 0 Å². The van der Waals surface area contributed by atoms with E-state index in [2.05, 4.69) is 0 Å². The third-order valence-corrected chi connectivity index (χ3v) is 4.69. The van der Waals surface area contributed by atoms with E-state index in [4.69, 9.17) is 8.92 Å². The predicted molar refractivity (Wildman–Crippen MR) is 61.2 cm³/mol. The average Bonchev–Trinajstić information content (AvgIpc) is 2.29. The van der Waals surface area contributed by atoms with Gasteiger partial charge in [0.25, 0.3) is 0 Å². The van der Waals surface area contributed by atoms with Gasteiger partial charge in [-0.15, -0.1) is 0 Å². The third-order valence-electron chi connectivity index (χ3n) is 3.29. The second kappa shape index (κ2) is 3.71. The zero-order chi connectivity index (χ0) is 11.9. The molecule has 0 unspecified atom stereocenters. The molecule has 0 bridgehead atoms. The Bertz CT molecular complexity index is 529. The number of hydrogen-bond donors (Lipinski definition) is 0. The van der Waals surface area contributed by atoms with E-state index in [1.165, 1.54) is 6.07 Å². The zero-order valence-corrected chi connectivity index (χ0v) is 10.2. The molecule has 0 aromatic heterocycles. The molecule has 1 aliphatic heterocycles. The van der Waals surface area contributed by atoms with Gasteiger partial charge in [-0.2, -0.15) is 8.42 Å². The molecule has 2 aliphatic rings. The highest BCUT2D eigenvalue weighted by atomic mass is 32.2. The summed E-state index contributed by atoms with van der Waals surface area (Å²) in [6.45, 7) is 0. The summed E-state index contributed by atoms with van der Waals surface area (Å²) < 4.78 is 35.2. The van der Waals surface area contributed by atoms with Crippen LogP contribution in [0.25, 0.3) is 0 Å². The number of rotatable bonds is 0. The molecule has 1 saturated carbocycles. The van der Waals surface area contributed by atoms with Crippen LogP contribution in [0.15, 0.2) is 29.2 Å². The van der Waals surface area contributed by atoms with Gasteiger partial charge in [0.1, 0.15) is 10.6 Å². The van der Waals surface area contributed by atoms with Gasteiger partial charge >= 0.3 is 10.1 Å². The van der Waals surface area contributed by atoms with Gasteiger partial charge in [0.05, 0.1) is 0 Å². The molecule has 5 heteroatoms. The monoisotopic (exact) mass is 254 g/mol. The quantitative estimate of drug-likeness (QED) is 0.667. The van der Waals surface area contributed by atoms with Crippen LogP contribution in [-0.4, -0.2) is 14.2 Å². The molecule has 3 rings (SSSR count). The van der Waals surface area contributed by atoms with Crippen LogP contribution in [-0.2, 0) is 14.3 Å². The highest BCUT2D eigenvalue weighted by Crippen LogP contribution is 2.43. The van der Waals surface area contributed by atoms with E-state index < -0.39 is 15.9 Å². The lowest BCUT2D eigenvalue weighted by molar-refractivity contribution is -0.141. The highest BCUT2D eigenvalue weighted by Gasteiger charge is 2.45. The molecular formula is C12H14O4S. The van der Waals surface area contributed by atoms with Crippen LogP contribution in [0.2, 0.25) is 0 Å². The fourth-order valence-electron chi connectivity index (χ4n) is 2.48. The lowest BCUT2D eigenvalue weighted by Crippen LogP contribution is -2.45. The maximum absolute atomic E-state index is 12.0. The van der Waals surface area contributed by atoms with Crippen molar-refractivity contribution in [2.24, 2.45) is 0 Å². The summed E-state index contributed by atoms with van der Waals surface area (Å²) in [6, 6.07) is 6.64. The lowest BCUT2D eigenvalue weighted by atomic mass is 9.94. The Morgan fingerprint density at radius 3 is 2.53 bits per heavy atom. The summed E-state index contributed by atoms with van der Waals surface area (Å²) >= 11 is 0. The molecule has 1 aromatic carbocycles. The van der Waals surface area contributed by atoms with E-state index in [0.717, 1.165) is 19.3 Å². The second-order valence-electron chi connectivity index (χ2n) is 4.56. The summed E-state index contributed by atoms with van der Waals surface area (Å²) in [5.41, 5.74) is 0. The standard InChI is InChI=1S/C12H14O4S/c13-17(14)11-7-3-2-6-10(11)15-12(16-17)8-4-1-5-9-12/h2-3,6-7H,1,4-5,8-9H2. The first-order valence-corrected chi connectivity index (χ1v) is 7.26. The molecule has 1 spiro atoms. The van der Waals surface area contributed by atoms with E-state index in [9.17, 15) is 8.42 Å². The minimum absolute atomic E-state index is 0.135. The van der Waals surface area contributed by atoms with Gasteiger partial charge in [-0.3, -0.25) is 0 Å². The molecule has 1 aromatic rings. The van der Waals surface area contributed by atoms with Crippen molar-refractivity contribution in [2.75, 3.05) is 0 Å². The molecule has 0 atom stereocenters. The Morgan fingerprint density at radius 1 is 1.06 bits per heavy atom. The normalized spacial score (nSPS) is 24.9. The van der Waals surface area contributed by atoms with Gasteiger partial charge in [0.15, 0.2) is 0 Å². The van der Waals surface area contributed by atoms with Crippen molar-refractivity contribution in [1.29, 1.82) is 0 Å². The molecule has 0 radical (unpaired) electrons. The number of ether oxygens (including phenoxy) is 1. The minimum atomic E-state index is -3.68. The Kier molecular flexibility index (Phi) is 2.41. The van der Waals surface area contributed by atoms with Gasteiger partial charge < -0.3 is 4.74 Å². The Morgan fingerprint density at radius 2 is 1.76 bits per heavy atom. The molecule has 17 heavy (non-hydrogen) atoms. The van der Waals surface area contributed by atoms with Crippen LogP contribution >= 0.6 is 0 Å². The summed E-state index contributed by atoms with van der Waals surface area (Å²) in [5.74, 6) is -0.536. The van der Waals surface area contributed by atoms with Crippen molar-refractivity contribution in [3.05, 3.63) is 24.3 Å². The van der Waals surface area contributed by atoms with E-state index in [0.29, 0.717) is 18.6 Å². The first kappa shape index (κ1) is 11.0. The van der Waals surface area contributed by atoms with Crippen LogP contribution in [0.4, 0.5) is 0 Å². The zero-order valence-electron chi connectivity index (χ0n) is 9.39. The number of fused-ring (bicyclic) bond motifs is 1. The van der Waals surface area contributed by atoms with Crippen LogP contribution in [0.5, 0.6) is 5.75 Å². The van der Waals surface area contributed by atoms with E-state index in [1.807, 2.05) is 0 Å². The van der Waals surface area contributed by atoms with Crippen molar-refractivity contribution in [3.8, 4) is 5.75 Å². The van der Waals surface area contributed by atoms with Gasteiger partial charge in [-0.1, -0.05) is 18.6 Å². The molecule has 0 saturated heterocycles. The van der Waals surface area contributed by atoms with Crippen LogP contribution in [0.3, 0.4) is 0 Å². The molecule has 1 aliphatic carbocycles. The van der Waals surface area contributed by atoms with Crippen molar-refractivity contribution in [2.45, 2.75) is 42.8 Å². The van der Waals surface area contributed by atoms with Crippen LogP contribution in [0, 0.1) is 0 Å². The molecule has 1 fully saturated rings. The van der Waals surface area contributed by atoms with Crippen molar-refractivity contribution in [3.63, 3.8) is 0 Å². The molecule has 0 N–H and O–H groups in total.